The minimum Gasteiger partial charge on any atom is -0.376 e. The van der Waals surface area contributed by atoms with Gasteiger partial charge in [-0.25, -0.2) is 4.98 Å². The molecule has 0 saturated carbocycles. The Morgan fingerprint density at radius 2 is 2.21 bits per heavy atom. The molecular formula is C21H24ClN3O2S. The van der Waals surface area contributed by atoms with Crippen molar-refractivity contribution < 1.29 is 9.53 Å². The van der Waals surface area contributed by atoms with Crippen LogP contribution in [0.25, 0.3) is 10.2 Å². The van der Waals surface area contributed by atoms with Crippen LogP contribution in [0.1, 0.15) is 40.2 Å². The van der Waals surface area contributed by atoms with Gasteiger partial charge in [0.05, 0.1) is 16.3 Å². The molecule has 1 aliphatic rings. The van der Waals surface area contributed by atoms with Crippen LogP contribution in [-0.2, 0) is 17.8 Å². The van der Waals surface area contributed by atoms with Crippen LogP contribution in [0, 0.1) is 13.8 Å². The molecule has 0 spiro atoms. The molecule has 0 unspecified atom stereocenters. The van der Waals surface area contributed by atoms with Crippen molar-refractivity contribution in [3.8, 4) is 0 Å². The van der Waals surface area contributed by atoms with Crippen molar-refractivity contribution in [1.29, 1.82) is 0 Å². The molecule has 1 amide bonds. The Kier molecular flexibility index (Phi) is 5.45. The van der Waals surface area contributed by atoms with E-state index in [9.17, 15) is 4.79 Å². The van der Waals surface area contributed by atoms with Gasteiger partial charge >= 0.3 is 0 Å². The molecule has 0 radical (unpaired) electrons. The van der Waals surface area contributed by atoms with Crippen molar-refractivity contribution in [2.24, 2.45) is 0 Å². The van der Waals surface area contributed by atoms with Gasteiger partial charge in [-0.15, -0.1) is 11.3 Å². The van der Waals surface area contributed by atoms with Gasteiger partial charge in [0.25, 0.3) is 5.91 Å². The molecular weight excluding hydrogens is 394 g/mol. The van der Waals surface area contributed by atoms with Gasteiger partial charge in [0, 0.05) is 43.7 Å². The average Bonchev–Trinajstić information content (AvgIpc) is 3.36. The van der Waals surface area contributed by atoms with E-state index in [1.54, 1.807) is 4.90 Å². The maximum Gasteiger partial charge on any atom is 0.253 e. The monoisotopic (exact) mass is 417 g/mol. The van der Waals surface area contributed by atoms with Crippen molar-refractivity contribution in [1.82, 2.24) is 14.5 Å². The summed E-state index contributed by atoms with van der Waals surface area (Å²) in [4.78, 5) is 18.9. The van der Waals surface area contributed by atoms with Gasteiger partial charge in [-0.05, 0) is 56.5 Å². The number of rotatable bonds is 5. The van der Waals surface area contributed by atoms with Crippen molar-refractivity contribution >= 4 is 39.1 Å². The number of carbonyl (C=O) groups is 1. The third-order valence-corrected chi connectivity index (χ3v) is 6.57. The number of thiazole rings is 1. The smallest absolute Gasteiger partial charge is 0.253 e. The lowest BCUT2D eigenvalue weighted by molar-refractivity contribution is 0.0784. The lowest BCUT2D eigenvalue weighted by Crippen LogP contribution is -2.26. The first-order valence-corrected chi connectivity index (χ1v) is 10.7. The lowest BCUT2D eigenvalue weighted by Gasteiger charge is -2.18. The fraction of sp³-hybridized carbons (Fsp3) is 0.429. The molecule has 0 aliphatic carbocycles. The molecule has 0 bridgehead atoms. The van der Waals surface area contributed by atoms with E-state index in [1.807, 2.05) is 25.2 Å². The Hall–Kier alpha value is -1.89. The Bertz CT molecular complexity index is 1020. The van der Waals surface area contributed by atoms with E-state index in [0.29, 0.717) is 22.7 Å². The second-order valence-electron chi connectivity index (χ2n) is 7.45. The van der Waals surface area contributed by atoms with Crippen LogP contribution >= 0.6 is 22.9 Å². The van der Waals surface area contributed by atoms with Gasteiger partial charge in [0.2, 0.25) is 0 Å². The van der Waals surface area contributed by atoms with Crippen LogP contribution in [-0.4, -0.2) is 40.1 Å². The summed E-state index contributed by atoms with van der Waals surface area (Å²) < 4.78 is 9.53. The van der Waals surface area contributed by atoms with E-state index in [1.165, 1.54) is 28.3 Å². The first-order valence-electron chi connectivity index (χ1n) is 9.51. The van der Waals surface area contributed by atoms with E-state index in [0.717, 1.165) is 36.2 Å². The average molecular weight is 418 g/mol. The molecule has 148 valence electrons. The molecule has 3 heterocycles. The molecule has 5 nitrogen and oxygen atoms in total. The zero-order chi connectivity index (χ0) is 19.8. The topological polar surface area (TPSA) is 47.4 Å². The molecule has 0 N–H and O–H groups in total. The van der Waals surface area contributed by atoms with Crippen LogP contribution in [0.15, 0.2) is 24.3 Å². The number of nitrogens with zero attached hydrogens (tertiary/aromatic N) is 3. The molecule has 1 aromatic carbocycles. The highest BCUT2D eigenvalue weighted by atomic mass is 35.5. The van der Waals surface area contributed by atoms with Crippen molar-refractivity contribution in [2.75, 3.05) is 13.7 Å². The standard InChI is InChI=1S/C21H24ClN3O2S/c1-13-9-16(14(2)25(13)12-17-5-4-8-27-17)11-24(3)20(26)15-6-7-18-19(10-15)28-21(22)23-18/h6-7,9-10,17H,4-5,8,11-12H2,1-3H3/t17-/m1/s1. The van der Waals surface area contributed by atoms with Gasteiger partial charge in [0.1, 0.15) is 0 Å². The first-order chi connectivity index (χ1) is 13.4. The van der Waals surface area contributed by atoms with Crippen molar-refractivity contribution in [2.45, 2.75) is 45.9 Å². The van der Waals surface area contributed by atoms with Crippen LogP contribution in [0.4, 0.5) is 0 Å². The Morgan fingerprint density at radius 3 is 2.96 bits per heavy atom. The van der Waals surface area contributed by atoms with Crippen LogP contribution < -0.4 is 0 Å². The molecule has 7 heteroatoms. The number of aromatic nitrogens is 2. The van der Waals surface area contributed by atoms with Gasteiger partial charge in [-0.2, -0.15) is 0 Å². The number of benzene rings is 1. The molecule has 1 fully saturated rings. The van der Waals surface area contributed by atoms with Crippen LogP contribution in [0.2, 0.25) is 4.47 Å². The second kappa shape index (κ2) is 7.85. The quantitative estimate of drug-likeness (QED) is 0.598. The predicted molar refractivity (Wildman–Crippen MR) is 113 cm³/mol. The summed E-state index contributed by atoms with van der Waals surface area (Å²) in [5.41, 5.74) is 5.07. The number of halogens is 1. The summed E-state index contributed by atoms with van der Waals surface area (Å²) in [6.07, 6.45) is 2.56. The molecule has 1 saturated heterocycles. The molecule has 1 aliphatic heterocycles. The van der Waals surface area contributed by atoms with E-state index >= 15 is 0 Å². The zero-order valence-electron chi connectivity index (χ0n) is 16.4. The highest BCUT2D eigenvalue weighted by Gasteiger charge is 2.20. The van der Waals surface area contributed by atoms with E-state index in [-0.39, 0.29) is 5.91 Å². The summed E-state index contributed by atoms with van der Waals surface area (Å²) in [6.45, 7) is 6.57. The summed E-state index contributed by atoms with van der Waals surface area (Å²) in [7, 11) is 1.85. The highest BCUT2D eigenvalue weighted by Crippen LogP contribution is 2.27. The third-order valence-electron chi connectivity index (χ3n) is 5.45. The summed E-state index contributed by atoms with van der Waals surface area (Å²) in [5, 5.41) is 0. The number of amides is 1. The van der Waals surface area contributed by atoms with Crippen molar-refractivity contribution in [3.63, 3.8) is 0 Å². The Morgan fingerprint density at radius 1 is 1.39 bits per heavy atom. The maximum atomic E-state index is 12.9. The zero-order valence-corrected chi connectivity index (χ0v) is 17.9. The molecule has 2 aromatic heterocycles. The fourth-order valence-electron chi connectivity index (χ4n) is 3.88. The van der Waals surface area contributed by atoms with E-state index < -0.39 is 0 Å². The lowest BCUT2D eigenvalue weighted by atomic mass is 10.1. The molecule has 4 rings (SSSR count). The number of hydrogen-bond donors (Lipinski definition) is 0. The fourth-order valence-corrected chi connectivity index (χ4v) is 4.95. The molecule has 28 heavy (non-hydrogen) atoms. The Balaban J connectivity index is 1.50. The third kappa shape index (κ3) is 3.81. The normalized spacial score (nSPS) is 16.8. The number of aryl methyl sites for hydroxylation is 1. The molecule has 1 atom stereocenters. The molecule has 3 aromatic rings. The number of carbonyl (C=O) groups excluding carboxylic acids is 1. The van der Waals surface area contributed by atoms with E-state index in [4.69, 9.17) is 16.3 Å². The minimum absolute atomic E-state index is 0.00430. The Labute approximate surface area is 173 Å². The number of hydrogen-bond acceptors (Lipinski definition) is 4. The van der Waals surface area contributed by atoms with Crippen LogP contribution in [0.3, 0.4) is 0 Å². The first kappa shape index (κ1) is 19.4. The largest absolute Gasteiger partial charge is 0.376 e. The summed E-state index contributed by atoms with van der Waals surface area (Å²) >= 11 is 7.37. The van der Waals surface area contributed by atoms with Gasteiger partial charge in [-0.1, -0.05) is 11.6 Å². The predicted octanol–water partition coefficient (Wildman–Crippen LogP) is 4.82. The second-order valence-corrected chi connectivity index (χ2v) is 9.07. The van der Waals surface area contributed by atoms with Crippen LogP contribution in [0.5, 0.6) is 0 Å². The minimum atomic E-state index is -0.00430. The summed E-state index contributed by atoms with van der Waals surface area (Å²) in [5.74, 6) is -0.00430. The van der Waals surface area contributed by atoms with Gasteiger partial charge in [-0.3, -0.25) is 4.79 Å². The van der Waals surface area contributed by atoms with E-state index in [2.05, 4.69) is 29.5 Å². The number of fused-ring (bicyclic) bond motifs is 1. The highest BCUT2D eigenvalue weighted by molar-refractivity contribution is 7.22. The SMILES string of the molecule is Cc1cc(CN(C)C(=O)c2ccc3nc(Cl)sc3c2)c(C)n1C[C@H]1CCCO1. The van der Waals surface area contributed by atoms with Gasteiger partial charge < -0.3 is 14.2 Å². The maximum absolute atomic E-state index is 12.9. The van der Waals surface area contributed by atoms with Crippen molar-refractivity contribution in [3.05, 3.63) is 51.2 Å². The van der Waals surface area contributed by atoms with Gasteiger partial charge in [0.15, 0.2) is 4.47 Å². The summed E-state index contributed by atoms with van der Waals surface area (Å²) in [6, 6.07) is 7.73. The number of ether oxygens (including phenoxy) is 1.